The van der Waals surface area contributed by atoms with Gasteiger partial charge in [-0.1, -0.05) is 32.0 Å². The summed E-state index contributed by atoms with van der Waals surface area (Å²) in [5, 5.41) is 2.05. The van der Waals surface area contributed by atoms with E-state index >= 15 is 0 Å². The molecule has 178 valence electrons. The fourth-order valence-electron chi connectivity index (χ4n) is 3.69. The van der Waals surface area contributed by atoms with Crippen LogP contribution in [-0.4, -0.2) is 31.0 Å². The third-order valence-electron chi connectivity index (χ3n) is 5.36. The van der Waals surface area contributed by atoms with Crippen molar-refractivity contribution in [3.8, 4) is 11.1 Å². The SMILES string of the molecule is CC(C)C(NS(=O)(=O)c1ccc2c(c1)sc1ccc(-c3cccnc3)cc12)C(=O)OC(C)(C)C. The summed E-state index contributed by atoms with van der Waals surface area (Å²) in [5.41, 5.74) is 1.37. The average molecular weight is 497 g/mol. The fourth-order valence-corrected chi connectivity index (χ4v) is 6.25. The maximum atomic E-state index is 13.2. The van der Waals surface area contributed by atoms with Crippen LogP contribution in [0.15, 0.2) is 65.8 Å². The molecule has 0 amide bonds. The Morgan fingerprint density at radius 3 is 2.41 bits per heavy atom. The van der Waals surface area contributed by atoms with Gasteiger partial charge in [-0.25, -0.2) is 8.42 Å². The van der Waals surface area contributed by atoms with Crippen molar-refractivity contribution < 1.29 is 17.9 Å². The Hall–Kier alpha value is -2.81. The summed E-state index contributed by atoms with van der Waals surface area (Å²) >= 11 is 1.54. The molecule has 1 atom stereocenters. The number of hydrogen-bond donors (Lipinski definition) is 1. The van der Waals surface area contributed by atoms with Crippen molar-refractivity contribution in [1.29, 1.82) is 0 Å². The van der Waals surface area contributed by atoms with Crippen molar-refractivity contribution >= 4 is 47.5 Å². The minimum atomic E-state index is -3.94. The molecule has 0 fully saturated rings. The maximum Gasteiger partial charge on any atom is 0.324 e. The summed E-state index contributed by atoms with van der Waals surface area (Å²) in [6, 6.07) is 14.2. The first kappa shape index (κ1) is 24.3. The molecular formula is C26H28N2O4S2. The van der Waals surface area contributed by atoms with Gasteiger partial charge in [0.1, 0.15) is 11.6 Å². The highest BCUT2D eigenvalue weighted by molar-refractivity contribution is 7.89. The van der Waals surface area contributed by atoms with E-state index in [1.165, 1.54) is 11.3 Å². The molecule has 1 unspecified atom stereocenters. The topological polar surface area (TPSA) is 85.4 Å². The Balaban J connectivity index is 1.68. The van der Waals surface area contributed by atoms with Crippen molar-refractivity contribution in [2.45, 2.75) is 51.2 Å². The first-order valence-electron chi connectivity index (χ1n) is 11.1. The number of rotatable bonds is 6. The zero-order valence-electron chi connectivity index (χ0n) is 19.8. The molecule has 0 saturated heterocycles. The number of benzene rings is 2. The maximum absolute atomic E-state index is 13.2. The van der Waals surface area contributed by atoms with E-state index in [-0.39, 0.29) is 10.8 Å². The number of nitrogens with zero attached hydrogens (tertiary/aromatic N) is 1. The lowest BCUT2D eigenvalue weighted by Crippen LogP contribution is -2.47. The Labute approximate surface area is 204 Å². The molecule has 0 aliphatic rings. The monoisotopic (exact) mass is 496 g/mol. The smallest absolute Gasteiger partial charge is 0.324 e. The molecule has 0 aliphatic heterocycles. The Morgan fingerprint density at radius 2 is 1.76 bits per heavy atom. The van der Waals surface area contributed by atoms with Gasteiger partial charge in [0.05, 0.1) is 4.90 Å². The third kappa shape index (κ3) is 5.14. The Bertz CT molecular complexity index is 1450. The van der Waals surface area contributed by atoms with Crippen LogP contribution in [0, 0.1) is 5.92 Å². The van der Waals surface area contributed by atoms with Crippen molar-refractivity contribution in [3.63, 3.8) is 0 Å². The van der Waals surface area contributed by atoms with Gasteiger partial charge in [-0.2, -0.15) is 4.72 Å². The van der Waals surface area contributed by atoms with Crippen molar-refractivity contribution in [3.05, 3.63) is 60.9 Å². The summed E-state index contributed by atoms with van der Waals surface area (Å²) in [5.74, 6) is -0.861. The second-order valence-electron chi connectivity index (χ2n) is 9.59. The van der Waals surface area contributed by atoms with Crippen LogP contribution in [0.1, 0.15) is 34.6 Å². The zero-order valence-corrected chi connectivity index (χ0v) is 21.5. The number of aromatic nitrogens is 1. The lowest BCUT2D eigenvalue weighted by molar-refractivity contribution is -0.158. The highest BCUT2D eigenvalue weighted by Gasteiger charge is 2.32. The second-order valence-corrected chi connectivity index (χ2v) is 12.4. The molecule has 0 aliphatic carbocycles. The molecule has 8 heteroatoms. The first-order valence-corrected chi connectivity index (χ1v) is 13.4. The van der Waals surface area contributed by atoms with E-state index in [4.69, 9.17) is 4.74 Å². The summed E-state index contributed by atoms with van der Waals surface area (Å²) < 4.78 is 36.3. The minimum absolute atomic E-state index is 0.119. The highest BCUT2D eigenvalue weighted by atomic mass is 32.2. The molecule has 6 nitrogen and oxygen atoms in total. The molecule has 0 radical (unpaired) electrons. The molecule has 0 saturated carbocycles. The summed E-state index contributed by atoms with van der Waals surface area (Å²) in [7, 11) is -3.94. The number of fused-ring (bicyclic) bond motifs is 3. The van der Waals surface area contributed by atoms with Crippen LogP contribution in [-0.2, 0) is 19.6 Å². The van der Waals surface area contributed by atoms with Gasteiger partial charge in [-0.05, 0) is 62.6 Å². The van der Waals surface area contributed by atoms with Gasteiger partial charge < -0.3 is 4.74 Å². The summed E-state index contributed by atoms with van der Waals surface area (Å²) in [6.45, 7) is 8.84. The van der Waals surface area contributed by atoms with E-state index in [1.54, 1.807) is 52.9 Å². The number of hydrogen-bond acceptors (Lipinski definition) is 6. The molecule has 1 N–H and O–H groups in total. The van der Waals surface area contributed by atoms with Crippen LogP contribution >= 0.6 is 11.3 Å². The number of esters is 1. The van der Waals surface area contributed by atoms with Gasteiger partial charge in [-0.3, -0.25) is 9.78 Å². The van der Waals surface area contributed by atoms with Crippen LogP contribution in [0.5, 0.6) is 0 Å². The lowest BCUT2D eigenvalue weighted by Gasteiger charge is -2.26. The number of carbonyl (C=O) groups is 1. The largest absolute Gasteiger partial charge is 0.459 e. The quantitative estimate of drug-likeness (QED) is 0.343. The number of nitrogens with one attached hydrogen (secondary N) is 1. The number of ether oxygens (including phenoxy) is 1. The number of pyridine rings is 1. The fraction of sp³-hybridized carbons (Fsp3) is 0.308. The molecule has 0 spiro atoms. The third-order valence-corrected chi connectivity index (χ3v) is 7.93. The van der Waals surface area contributed by atoms with Gasteiger partial charge in [-0.15, -0.1) is 11.3 Å². The zero-order chi connectivity index (χ0) is 24.7. The van der Waals surface area contributed by atoms with E-state index in [2.05, 4.69) is 15.8 Å². The molecule has 0 bridgehead atoms. The summed E-state index contributed by atoms with van der Waals surface area (Å²) in [4.78, 5) is 16.9. The molecule has 4 aromatic rings. The van der Waals surface area contributed by atoms with Crippen LogP contribution < -0.4 is 4.72 Å². The van der Waals surface area contributed by atoms with Crippen LogP contribution in [0.25, 0.3) is 31.3 Å². The first-order chi connectivity index (χ1) is 15.9. The highest BCUT2D eigenvalue weighted by Crippen LogP contribution is 2.37. The van der Waals surface area contributed by atoms with Gasteiger partial charge >= 0.3 is 5.97 Å². The number of thiophene rings is 1. The second kappa shape index (κ2) is 9.09. The van der Waals surface area contributed by atoms with E-state index in [0.29, 0.717) is 0 Å². The predicted molar refractivity (Wildman–Crippen MR) is 137 cm³/mol. The minimum Gasteiger partial charge on any atom is -0.459 e. The normalized spacial score (nSPS) is 13.5. The van der Waals surface area contributed by atoms with Crippen molar-refractivity contribution in [1.82, 2.24) is 9.71 Å². The molecule has 4 rings (SSSR count). The number of sulfonamides is 1. The van der Waals surface area contributed by atoms with Crippen molar-refractivity contribution in [2.24, 2.45) is 5.92 Å². The molecular weight excluding hydrogens is 468 g/mol. The van der Waals surface area contributed by atoms with Gasteiger partial charge in [0.25, 0.3) is 0 Å². The van der Waals surface area contributed by atoms with Gasteiger partial charge in [0.15, 0.2) is 0 Å². The van der Waals surface area contributed by atoms with E-state index < -0.39 is 27.6 Å². The summed E-state index contributed by atoms with van der Waals surface area (Å²) in [6.07, 6.45) is 3.56. The average Bonchev–Trinajstić information content (AvgIpc) is 3.14. The van der Waals surface area contributed by atoms with Gasteiger partial charge in [0, 0.05) is 38.1 Å². The molecule has 2 aromatic carbocycles. The standard InChI is InChI=1S/C26H28N2O4S2/c1-16(2)24(25(29)32-26(3,4)5)28-34(30,31)19-9-10-20-21-13-17(18-7-6-12-27-15-18)8-11-22(21)33-23(20)14-19/h6-16,24,28H,1-5H3. The van der Waals surface area contributed by atoms with Crippen LogP contribution in [0.2, 0.25) is 0 Å². The van der Waals surface area contributed by atoms with E-state index in [9.17, 15) is 13.2 Å². The van der Waals surface area contributed by atoms with Crippen LogP contribution in [0.4, 0.5) is 0 Å². The Kier molecular flexibility index (Phi) is 6.50. The number of carbonyl (C=O) groups excluding carboxylic acids is 1. The van der Waals surface area contributed by atoms with E-state index in [1.807, 2.05) is 36.5 Å². The van der Waals surface area contributed by atoms with Crippen molar-refractivity contribution in [2.75, 3.05) is 0 Å². The Morgan fingerprint density at radius 1 is 1.00 bits per heavy atom. The predicted octanol–water partition coefficient (Wildman–Crippen LogP) is 5.76. The van der Waals surface area contributed by atoms with E-state index in [0.717, 1.165) is 31.3 Å². The lowest BCUT2D eigenvalue weighted by atomic mass is 10.0. The molecule has 2 heterocycles. The molecule has 34 heavy (non-hydrogen) atoms. The van der Waals surface area contributed by atoms with Gasteiger partial charge in [0.2, 0.25) is 10.0 Å². The molecule has 2 aromatic heterocycles. The van der Waals surface area contributed by atoms with Crippen LogP contribution in [0.3, 0.4) is 0 Å².